The summed E-state index contributed by atoms with van der Waals surface area (Å²) in [7, 11) is 0. The third kappa shape index (κ3) is 10.9. The molecule has 0 radical (unpaired) electrons. The van der Waals surface area contributed by atoms with E-state index < -0.39 is 41.1 Å². The van der Waals surface area contributed by atoms with Crippen LogP contribution in [-0.4, -0.2) is 70.5 Å². The first-order valence-electron chi connectivity index (χ1n) is 17.4. The van der Waals surface area contributed by atoms with Gasteiger partial charge in [-0.05, 0) is 77.0 Å². The van der Waals surface area contributed by atoms with Crippen molar-refractivity contribution in [3.05, 3.63) is 95.5 Å². The van der Waals surface area contributed by atoms with E-state index in [2.05, 4.69) is 22.9 Å². The number of likely N-dealkylation sites (tertiary alicyclic amines) is 1. The highest BCUT2D eigenvalue weighted by Gasteiger charge is 2.36. The Morgan fingerprint density at radius 1 is 0.940 bits per heavy atom. The van der Waals surface area contributed by atoms with Crippen molar-refractivity contribution in [2.24, 2.45) is 5.92 Å². The van der Waals surface area contributed by atoms with Crippen molar-refractivity contribution < 1.29 is 28.7 Å². The second kappa shape index (κ2) is 16.8. The zero-order chi connectivity index (χ0) is 36.5. The first kappa shape index (κ1) is 38.2. The second-order valence-corrected chi connectivity index (χ2v) is 14.7. The van der Waals surface area contributed by atoms with E-state index in [1.54, 1.807) is 27.0 Å². The molecule has 4 rings (SSSR count). The van der Waals surface area contributed by atoms with Crippen LogP contribution in [0.1, 0.15) is 83.5 Å². The highest BCUT2D eigenvalue weighted by atomic mass is 16.6. The maximum atomic E-state index is 14.1. The van der Waals surface area contributed by atoms with Crippen LogP contribution in [0.2, 0.25) is 0 Å². The van der Waals surface area contributed by atoms with E-state index in [1.165, 1.54) is 13.8 Å². The maximum absolute atomic E-state index is 14.1. The number of allylic oxidation sites excluding steroid dienone is 1. The normalized spacial score (nSPS) is 16.6. The van der Waals surface area contributed by atoms with E-state index in [0.717, 1.165) is 29.5 Å². The number of piperidine rings is 1. The molecule has 270 valence electrons. The molecule has 1 fully saturated rings. The van der Waals surface area contributed by atoms with Gasteiger partial charge >= 0.3 is 6.09 Å². The molecule has 1 saturated heterocycles. The van der Waals surface area contributed by atoms with Gasteiger partial charge in [-0.25, -0.2) is 4.79 Å². The average molecular weight is 688 g/mol. The van der Waals surface area contributed by atoms with Crippen LogP contribution in [0.4, 0.5) is 4.79 Å². The van der Waals surface area contributed by atoms with Crippen LogP contribution < -0.4 is 16.0 Å². The number of nitrogens with one attached hydrogen (secondary N) is 3. The van der Waals surface area contributed by atoms with Crippen LogP contribution in [0.15, 0.2) is 78.8 Å². The summed E-state index contributed by atoms with van der Waals surface area (Å²) in [6, 6.07) is 15.6. The molecule has 0 saturated carbocycles. The third-order valence-corrected chi connectivity index (χ3v) is 8.71. The van der Waals surface area contributed by atoms with Gasteiger partial charge in [-0.3, -0.25) is 14.4 Å². The first-order chi connectivity index (χ1) is 23.6. The predicted molar refractivity (Wildman–Crippen MR) is 192 cm³/mol. The molecule has 0 spiro atoms. The van der Waals surface area contributed by atoms with Gasteiger partial charge < -0.3 is 35.2 Å². The van der Waals surface area contributed by atoms with Crippen LogP contribution in [0, 0.1) is 12.8 Å². The molecule has 2 aliphatic rings. The Kier molecular flexibility index (Phi) is 12.9. The fourth-order valence-corrected chi connectivity index (χ4v) is 5.79. The summed E-state index contributed by atoms with van der Waals surface area (Å²) in [5, 5.41) is 8.33. The van der Waals surface area contributed by atoms with Crippen molar-refractivity contribution >= 4 is 23.8 Å². The summed E-state index contributed by atoms with van der Waals surface area (Å²) in [5.41, 5.74) is 1.20. The molecule has 2 unspecified atom stereocenters. The number of carbonyl (C=O) groups is 4. The Morgan fingerprint density at radius 2 is 1.60 bits per heavy atom. The Hall–Kier alpha value is -4.64. The van der Waals surface area contributed by atoms with Crippen molar-refractivity contribution in [2.45, 2.75) is 97.6 Å². The van der Waals surface area contributed by atoms with Crippen molar-refractivity contribution in [1.29, 1.82) is 0 Å². The fourth-order valence-electron chi connectivity index (χ4n) is 5.79. The summed E-state index contributed by atoms with van der Waals surface area (Å²) in [5.74, 6) is -0.494. The topological polar surface area (TPSA) is 129 Å². The van der Waals surface area contributed by atoms with Crippen molar-refractivity contribution in [3.8, 4) is 0 Å². The molecule has 2 aromatic carbocycles. The van der Waals surface area contributed by atoms with Crippen molar-refractivity contribution in [2.75, 3.05) is 19.7 Å². The van der Waals surface area contributed by atoms with Crippen LogP contribution >= 0.6 is 0 Å². The number of aryl methyl sites for hydroxylation is 1. The summed E-state index contributed by atoms with van der Waals surface area (Å²) < 4.78 is 11.2. The molecule has 2 atom stereocenters. The van der Waals surface area contributed by atoms with E-state index in [4.69, 9.17) is 9.47 Å². The van der Waals surface area contributed by atoms with E-state index >= 15 is 0 Å². The van der Waals surface area contributed by atoms with E-state index in [1.807, 2.05) is 83.6 Å². The SMILES string of the molecule is Cc1ccccc1C(C(=O)N1CCC(C)CC1)N1C=CCC(NC(=O)C(COCc2ccccc2)NC(=O)C(C)(C)NC(=O)OC(C)(C)C)=C1. The molecule has 2 aromatic rings. The Bertz CT molecular complexity index is 1560. The zero-order valence-corrected chi connectivity index (χ0v) is 30.5. The summed E-state index contributed by atoms with van der Waals surface area (Å²) in [6.07, 6.45) is 7.15. The molecule has 3 N–H and O–H groups in total. The largest absolute Gasteiger partial charge is 0.444 e. The number of hydrogen-bond donors (Lipinski definition) is 3. The highest BCUT2D eigenvalue weighted by Crippen LogP contribution is 2.31. The molecular formula is C39H53N5O6. The molecule has 0 aliphatic carbocycles. The number of carbonyl (C=O) groups excluding carboxylic acids is 4. The second-order valence-electron chi connectivity index (χ2n) is 14.7. The fraction of sp³-hybridized carbons (Fsp3) is 0.487. The molecule has 2 heterocycles. The molecule has 0 bridgehead atoms. The molecule has 11 heteroatoms. The number of nitrogens with zero attached hydrogens (tertiary/aromatic N) is 2. The number of benzene rings is 2. The van der Waals surface area contributed by atoms with Gasteiger partial charge in [0.05, 0.1) is 13.2 Å². The van der Waals surface area contributed by atoms with Crippen molar-refractivity contribution in [1.82, 2.24) is 25.8 Å². The standard InChI is InChI=1S/C39H53N5O6/c1-27-19-22-43(23-20-27)35(46)33(31-18-12-11-14-28(31)2)44-21-13-17-30(24-44)40-34(45)32(26-49-25-29-15-9-8-10-16-29)41-36(47)39(6,7)42-37(48)50-38(3,4)5/h8-16,18,21,24,27,32-33H,17,19-20,22-23,25-26H2,1-7H3,(H,40,45)(H,41,47)(H,42,48). The van der Waals surface area contributed by atoms with Crippen molar-refractivity contribution in [3.63, 3.8) is 0 Å². The molecule has 50 heavy (non-hydrogen) atoms. The molecule has 11 nitrogen and oxygen atoms in total. The Balaban J connectivity index is 1.53. The minimum atomic E-state index is -1.41. The average Bonchev–Trinajstić information content (AvgIpc) is 3.05. The quantitative estimate of drug-likeness (QED) is 0.270. The van der Waals surface area contributed by atoms with Crippen LogP contribution in [0.3, 0.4) is 0 Å². The first-order valence-corrected chi connectivity index (χ1v) is 17.4. The lowest BCUT2D eigenvalue weighted by Crippen LogP contribution is -2.60. The summed E-state index contributed by atoms with van der Waals surface area (Å²) >= 11 is 0. The van der Waals surface area contributed by atoms with Gasteiger partial charge in [0.15, 0.2) is 0 Å². The third-order valence-electron chi connectivity index (χ3n) is 8.71. The van der Waals surface area contributed by atoms with Crippen LogP contribution in [0.5, 0.6) is 0 Å². The van der Waals surface area contributed by atoms with E-state index in [0.29, 0.717) is 31.1 Å². The minimum absolute atomic E-state index is 0.0128. The van der Waals surface area contributed by atoms with Gasteiger partial charge in [-0.1, -0.05) is 67.6 Å². The van der Waals surface area contributed by atoms with Gasteiger partial charge in [0.25, 0.3) is 0 Å². The molecule has 0 aromatic heterocycles. The van der Waals surface area contributed by atoms with Gasteiger partial charge in [-0.15, -0.1) is 0 Å². The maximum Gasteiger partial charge on any atom is 0.408 e. The lowest BCUT2D eigenvalue weighted by atomic mass is 9.95. The predicted octanol–water partition coefficient (Wildman–Crippen LogP) is 5.48. The lowest BCUT2D eigenvalue weighted by molar-refractivity contribution is -0.137. The lowest BCUT2D eigenvalue weighted by Gasteiger charge is -2.37. The minimum Gasteiger partial charge on any atom is -0.444 e. The number of hydrogen-bond acceptors (Lipinski definition) is 7. The van der Waals surface area contributed by atoms with E-state index in [-0.39, 0.29) is 19.1 Å². The van der Waals surface area contributed by atoms with Crippen LogP contribution in [-0.2, 0) is 30.5 Å². The number of alkyl carbamates (subject to hydrolysis) is 1. The van der Waals surface area contributed by atoms with E-state index in [9.17, 15) is 19.2 Å². The van der Waals surface area contributed by atoms with Crippen LogP contribution in [0.25, 0.3) is 0 Å². The molecule has 2 aliphatic heterocycles. The number of ether oxygens (including phenoxy) is 2. The number of amides is 4. The monoisotopic (exact) mass is 687 g/mol. The van der Waals surface area contributed by atoms with Gasteiger partial charge in [-0.2, -0.15) is 0 Å². The zero-order valence-electron chi connectivity index (χ0n) is 30.5. The van der Waals surface area contributed by atoms with Gasteiger partial charge in [0.1, 0.15) is 23.2 Å². The molecule has 4 amide bonds. The summed E-state index contributed by atoms with van der Waals surface area (Å²) in [4.78, 5) is 57.8. The highest BCUT2D eigenvalue weighted by molar-refractivity contribution is 5.94. The smallest absolute Gasteiger partial charge is 0.408 e. The van der Waals surface area contributed by atoms with Gasteiger partial charge in [0, 0.05) is 37.6 Å². The number of rotatable bonds is 12. The summed E-state index contributed by atoms with van der Waals surface area (Å²) in [6.45, 7) is 14.0. The Labute approximate surface area is 296 Å². The molecular weight excluding hydrogens is 634 g/mol. The Morgan fingerprint density at radius 3 is 2.26 bits per heavy atom. The van der Waals surface area contributed by atoms with Gasteiger partial charge in [0.2, 0.25) is 17.7 Å².